The summed E-state index contributed by atoms with van der Waals surface area (Å²) in [5.41, 5.74) is 3.04. The minimum Gasteiger partial charge on any atom is -0.378 e. The molecular weight excluding hydrogens is 534 g/mol. The highest BCUT2D eigenvalue weighted by molar-refractivity contribution is 5.95. The van der Waals surface area contributed by atoms with Crippen molar-refractivity contribution in [2.45, 2.75) is 64.8 Å². The van der Waals surface area contributed by atoms with Gasteiger partial charge in [0.25, 0.3) is 11.8 Å². The Morgan fingerprint density at radius 2 is 1.88 bits per heavy atom. The number of anilines is 1. The number of fused-ring (bicyclic) bond motifs is 1. The number of nitrogens with zero attached hydrogens (tertiary/aromatic N) is 6. The fraction of sp³-hybridized carbons (Fsp3) is 0.645. The minimum atomic E-state index is -0.191. The Morgan fingerprint density at radius 1 is 1.10 bits per heavy atom. The number of morpholine rings is 1. The van der Waals surface area contributed by atoms with Crippen molar-refractivity contribution in [3.05, 3.63) is 40.8 Å². The van der Waals surface area contributed by atoms with Crippen LogP contribution in [0.4, 0.5) is 5.82 Å². The molecule has 11 heteroatoms. The molecule has 1 N–H and O–H groups in total. The molecule has 2 aromatic rings. The van der Waals surface area contributed by atoms with Gasteiger partial charge in [-0.2, -0.15) is 5.10 Å². The average Bonchev–Trinajstić information content (AvgIpc) is 3.33. The molecule has 2 bridgehead atoms. The fourth-order valence-electron chi connectivity index (χ4n) is 6.24. The quantitative estimate of drug-likeness (QED) is 0.579. The smallest absolute Gasteiger partial charge is 0.272 e. The van der Waals surface area contributed by atoms with E-state index in [0.717, 1.165) is 49.4 Å². The fourth-order valence-corrected chi connectivity index (χ4v) is 6.24. The number of pyridine rings is 1. The maximum atomic E-state index is 13.7. The second-order valence-corrected chi connectivity index (χ2v) is 12.1. The van der Waals surface area contributed by atoms with Gasteiger partial charge in [-0.3, -0.25) is 19.1 Å². The first-order chi connectivity index (χ1) is 20.3. The van der Waals surface area contributed by atoms with Crippen LogP contribution in [0.25, 0.3) is 0 Å². The molecule has 2 aliphatic heterocycles. The third kappa shape index (κ3) is 6.94. The number of carbonyl (C=O) groups is 3. The van der Waals surface area contributed by atoms with Crippen LogP contribution in [0.15, 0.2) is 18.3 Å². The molecule has 0 saturated carbocycles. The Balaban J connectivity index is 1.33. The van der Waals surface area contributed by atoms with Crippen LogP contribution in [0.3, 0.4) is 0 Å². The largest absolute Gasteiger partial charge is 0.378 e. The van der Waals surface area contributed by atoms with Gasteiger partial charge in [-0.1, -0.05) is 13.8 Å². The van der Waals surface area contributed by atoms with E-state index in [4.69, 9.17) is 4.74 Å². The van der Waals surface area contributed by atoms with Gasteiger partial charge in [-0.25, -0.2) is 4.98 Å². The molecule has 3 aliphatic rings. The summed E-state index contributed by atoms with van der Waals surface area (Å²) in [5, 5.41) is 7.61. The highest BCUT2D eigenvalue weighted by Crippen LogP contribution is 2.28. The molecule has 3 amide bonds. The zero-order chi connectivity index (χ0) is 29.6. The lowest BCUT2D eigenvalue weighted by atomic mass is 9.89. The van der Waals surface area contributed by atoms with Crippen molar-refractivity contribution in [1.29, 1.82) is 0 Å². The van der Waals surface area contributed by atoms with Gasteiger partial charge in [0.1, 0.15) is 5.82 Å². The van der Waals surface area contributed by atoms with Crippen LogP contribution in [-0.4, -0.2) is 101 Å². The van der Waals surface area contributed by atoms with Crippen molar-refractivity contribution in [3.63, 3.8) is 0 Å². The standard InChI is InChI=1S/C31H45N7O4/c1-22(2)11-15-38-24-8-9-26-25(20-24)29(34-35(26)3)30(40)32-12-5-14-37(13-4-6-28(38)39)31(41)23-7-10-27(33-21-23)36-16-18-42-19-17-36/h7,10,21-22,24H,4-6,8-9,11-20H2,1-3H3,(H,32,40). The van der Waals surface area contributed by atoms with Crippen molar-refractivity contribution in [3.8, 4) is 0 Å². The highest BCUT2D eigenvalue weighted by Gasteiger charge is 2.33. The van der Waals surface area contributed by atoms with Gasteiger partial charge in [0, 0.05) is 76.2 Å². The summed E-state index contributed by atoms with van der Waals surface area (Å²) in [4.78, 5) is 51.1. The molecule has 0 aromatic carbocycles. The van der Waals surface area contributed by atoms with E-state index in [1.807, 2.05) is 28.8 Å². The molecule has 42 heavy (non-hydrogen) atoms. The molecule has 11 nitrogen and oxygen atoms in total. The first kappa shape index (κ1) is 30.0. The first-order valence-electron chi connectivity index (χ1n) is 15.5. The third-order valence-corrected chi connectivity index (χ3v) is 8.68. The predicted octanol–water partition coefficient (Wildman–Crippen LogP) is 2.44. The van der Waals surface area contributed by atoms with E-state index in [1.165, 1.54) is 0 Å². The highest BCUT2D eigenvalue weighted by atomic mass is 16.5. The van der Waals surface area contributed by atoms with Crippen LogP contribution in [0.1, 0.15) is 78.1 Å². The molecule has 1 fully saturated rings. The number of rotatable bonds is 5. The molecule has 4 heterocycles. The summed E-state index contributed by atoms with van der Waals surface area (Å²) in [6, 6.07) is 3.76. The molecule has 2 aromatic heterocycles. The maximum absolute atomic E-state index is 13.7. The van der Waals surface area contributed by atoms with E-state index in [9.17, 15) is 14.4 Å². The molecule has 1 saturated heterocycles. The van der Waals surface area contributed by atoms with Crippen LogP contribution < -0.4 is 10.2 Å². The zero-order valence-electron chi connectivity index (χ0n) is 25.3. The van der Waals surface area contributed by atoms with E-state index >= 15 is 0 Å². The number of aromatic nitrogens is 3. The van der Waals surface area contributed by atoms with Crippen LogP contribution >= 0.6 is 0 Å². The van der Waals surface area contributed by atoms with Gasteiger partial charge in [0.2, 0.25) is 5.91 Å². The molecule has 5 rings (SSSR count). The van der Waals surface area contributed by atoms with Gasteiger partial charge in [0.05, 0.1) is 18.8 Å². The summed E-state index contributed by atoms with van der Waals surface area (Å²) in [7, 11) is 1.89. The van der Waals surface area contributed by atoms with Crippen LogP contribution in [0.5, 0.6) is 0 Å². The number of hydrogen-bond acceptors (Lipinski definition) is 7. The SMILES string of the molecule is CC(C)CCN1C(=O)CCCN(C(=O)c2ccc(N3CCOCC3)nc2)CCCNC(=O)c2nn(C)c3c2CC1CC3. The maximum Gasteiger partial charge on any atom is 0.272 e. The third-order valence-electron chi connectivity index (χ3n) is 8.68. The Kier molecular flexibility index (Phi) is 9.76. The predicted molar refractivity (Wildman–Crippen MR) is 160 cm³/mol. The summed E-state index contributed by atoms with van der Waals surface area (Å²) >= 11 is 0. The van der Waals surface area contributed by atoms with Crippen molar-refractivity contribution in [1.82, 2.24) is 29.9 Å². The van der Waals surface area contributed by atoms with Gasteiger partial charge < -0.3 is 24.8 Å². The lowest BCUT2D eigenvalue weighted by Crippen LogP contribution is -2.45. The molecule has 0 spiro atoms. The van der Waals surface area contributed by atoms with Gasteiger partial charge in [-0.05, 0) is 56.6 Å². The van der Waals surface area contributed by atoms with E-state index in [1.54, 1.807) is 11.1 Å². The van der Waals surface area contributed by atoms with Gasteiger partial charge >= 0.3 is 0 Å². The van der Waals surface area contributed by atoms with E-state index in [0.29, 0.717) is 82.3 Å². The van der Waals surface area contributed by atoms with Crippen molar-refractivity contribution in [2.24, 2.45) is 13.0 Å². The second-order valence-electron chi connectivity index (χ2n) is 12.1. The molecular formula is C31H45N7O4. The van der Waals surface area contributed by atoms with Gasteiger partial charge in [0.15, 0.2) is 5.69 Å². The average molecular weight is 580 g/mol. The molecule has 228 valence electrons. The number of ether oxygens (including phenoxy) is 1. The van der Waals surface area contributed by atoms with Crippen molar-refractivity contribution >= 4 is 23.5 Å². The van der Waals surface area contributed by atoms with E-state index in [2.05, 4.69) is 34.1 Å². The van der Waals surface area contributed by atoms with E-state index in [-0.39, 0.29) is 23.8 Å². The minimum absolute atomic E-state index is 0.0402. The van der Waals surface area contributed by atoms with Crippen LogP contribution in [-0.2, 0) is 29.4 Å². The summed E-state index contributed by atoms with van der Waals surface area (Å²) in [5.74, 6) is 1.14. The summed E-state index contributed by atoms with van der Waals surface area (Å²) < 4.78 is 7.25. The Morgan fingerprint density at radius 3 is 2.62 bits per heavy atom. The summed E-state index contributed by atoms with van der Waals surface area (Å²) in [6.45, 7) is 9.32. The lowest BCUT2D eigenvalue weighted by Gasteiger charge is -2.35. The molecule has 0 radical (unpaired) electrons. The van der Waals surface area contributed by atoms with Crippen LogP contribution in [0, 0.1) is 5.92 Å². The molecule has 1 unspecified atom stereocenters. The Labute approximate surface area is 248 Å². The number of hydrogen-bond donors (Lipinski definition) is 1. The summed E-state index contributed by atoms with van der Waals surface area (Å²) in [6.07, 6.45) is 6.44. The number of nitrogens with one attached hydrogen (secondary N) is 1. The number of amides is 3. The normalized spacial score (nSPS) is 20.8. The number of carbonyl (C=O) groups excluding carboxylic acids is 3. The molecule has 1 atom stereocenters. The topological polar surface area (TPSA) is 113 Å². The van der Waals surface area contributed by atoms with Crippen LogP contribution in [0.2, 0.25) is 0 Å². The van der Waals surface area contributed by atoms with Crippen molar-refractivity contribution in [2.75, 3.05) is 57.4 Å². The Hall–Kier alpha value is -3.47. The van der Waals surface area contributed by atoms with Gasteiger partial charge in [-0.15, -0.1) is 0 Å². The monoisotopic (exact) mass is 579 g/mol. The lowest BCUT2D eigenvalue weighted by molar-refractivity contribution is -0.134. The second kappa shape index (κ2) is 13.7. The Bertz CT molecular complexity index is 1250. The van der Waals surface area contributed by atoms with Crippen molar-refractivity contribution < 1.29 is 19.1 Å². The van der Waals surface area contributed by atoms with E-state index < -0.39 is 0 Å². The molecule has 1 aliphatic carbocycles. The number of aryl methyl sites for hydroxylation is 1. The zero-order valence-corrected chi connectivity index (χ0v) is 25.3. The first-order valence-corrected chi connectivity index (χ1v) is 15.5.